The number of benzene rings is 1. The number of rotatable bonds is 4. The summed E-state index contributed by atoms with van der Waals surface area (Å²) in [6.07, 6.45) is 1.96. The van der Waals surface area contributed by atoms with E-state index in [0.717, 1.165) is 31.5 Å². The van der Waals surface area contributed by atoms with E-state index in [2.05, 4.69) is 10.2 Å². The van der Waals surface area contributed by atoms with Crippen LogP contribution in [-0.4, -0.2) is 43.2 Å². The van der Waals surface area contributed by atoms with Crippen molar-refractivity contribution in [2.45, 2.75) is 31.3 Å². The summed E-state index contributed by atoms with van der Waals surface area (Å²) in [6, 6.07) is 7.67. The SMILES string of the molecule is CC(C(=O)NC1(c2cccc(Cl)c2)CC1)N1CCOCC1. The minimum atomic E-state index is -0.206. The van der Waals surface area contributed by atoms with Gasteiger partial charge in [-0.05, 0) is 37.5 Å². The number of morpholine rings is 1. The second kappa shape index (κ2) is 5.95. The van der Waals surface area contributed by atoms with Gasteiger partial charge in [0.15, 0.2) is 0 Å². The number of nitrogens with one attached hydrogen (secondary N) is 1. The lowest BCUT2D eigenvalue weighted by Crippen LogP contribution is -2.51. The highest BCUT2D eigenvalue weighted by molar-refractivity contribution is 6.30. The molecule has 5 heteroatoms. The monoisotopic (exact) mass is 308 g/mol. The van der Waals surface area contributed by atoms with Gasteiger partial charge in [-0.25, -0.2) is 0 Å². The van der Waals surface area contributed by atoms with E-state index in [1.807, 2.05) is 31.2 Å². The van der Waals surface area contributed by atoms with Crippen molar-refractivity contribution in [2.75, 3.05) is 26.3 Å². The van der Waals surface area contributed by atoms with Gasteiger partial charge >= 0.3 is 0 Å². The van der Waals surface area contributed by atoms with Crippen LogP contribution < -0.4 is 5.32 Å². The molecule has 1 saturated carbocycles. The average Bonchev–Trinajstić information content (AvgIpc) is 3.28. The van der Waals surface area contributed by atoms with Gasteiger partial charge in [-0.15, -0.1) is 0 Å². The van der Waals surface area contributed by atoms with Gasteiger partial charge in [0.2, 0.25) is 5.91 Å². The number of nitrogens with zero attached hydrogens (tertiary/aromatic N) is 1. The normalized spacial score (nSPS) is 22.6. The summed E-state index contributed by atoms with van der Waals surface area (Å²) < 4.78 is 5.34. The molecule has 2 fully saturated rings. The van der Waals surface area contributed by atoms with E-state index in [1.54, 1.807) is 0 Å². The van der Waals surface area contributed by atoms with Crippen LogP contribution >= 0.6 is 11.6 Å². The Labute approximate surface area is 130 Å². The summed E-state index contributed by atoms with van der Waals surface area (Å²) in [5, 5.41) is 3.94. The number of carbonyl (C=O) groups is 1. The highest BCUT2D eigenvalue weighted by Gasteiger charge is 2.46. The van der Waals surface area contributed by atoms with Crippen LogP contribution in [0.1, 0.15) is 25.3 Å². The summed E-state index contributed by atoms with van der Waals surface area (Å²) in [6.45, 7) is 5.01. The van der Waals surface area contributed by atoms with Crippen molar-refractivity contribution >= 4 is 17.5 Å². The van der Waals surface area contributed by atoms with Crippen LogP contribution in [0.3, 0.4) is 0 Å². The number of hydrogen-bond acceptors (Lipinski definition) is 3. The van der Waals surface area contributed by atoms with E-state index < -0.39 is 0 Å². The molecular weight excluding hydrogens is 288 g/mol. The molecule has 0 bridgehead atoms. The quantitative estimate of drug-likeness (QED) is 0.927. The molecule has 1 heterocycles. The Hall–Kier alpha value is -1.10. The molecule has 1 aromatic carbocycles. The molecule has 21 heavy (non-hydrogen) atoms. The fourth-order valence-electron chi connectivity index (χ4n) is 2.87. The topological polar surface area (TPSA) is 41.6 Å². The molecule has 0 aromatic heterocycles. The smallest absolute Gasteiger partial charge is 0.237 e. The van der Waals surface area contributed by atoms with Crippen molar-refractivity contribution in [3.63, 3.8) is 0 Å². The van der Waals surface area contributed by atoms with Gasteiger partial charge < -0.3 is 10.1 Å². The summed E-state index contributed by atoms with van der Waals surface area (Å²) >= 11 is 6.06. The van der Waals surface area contributed by atoms with Crippen molar-refractivity contribution in [1.82, 2.24) is 10.2 Å². The first-order valence-corrected chi connectivity index (χ1v) is 7.88. The standard InChI is InChI=1S/C16H21ClN2O2/c1-12(19-7-9-21-10-8-19)15(20)18-16(5-6-16)13-3-2-4-14(17)11-13/h2-4,11-12H,5-10H2,1H3,(H,18,20). The van der Waals surface area contributed by atoms with Crippen LogP contribution in [0, 0.1) is 0 Å². The minimum absolute atomic E-state index is 0.0920. The maximum absolute atomic E-state index is 12.5. The largest absolute Gasteiger partial charge is 0.379 e. The third-order valence-corrected chi connectivity index (χ3v) is 4.70. The van der Waals surface area contributed by atoms with E-state index >= 15 is 0 Å². The van der Waals surface area contributed by atoms with Gasteiger partial charge in [0.1, 0.15) is 0 Å². The number of halogens is 1. The molecule has 1 amide bonds. The third-order valence-electron chi connectivity index (χ3n) is 4.46. The molecular formula is C16H21ClN2O2. The van der Waals surface area contributed by atoms with Crippen molar-refractivity contribution in [3.8, 4) is 0 Å². The van der Waals surface area contributed by atoms with Crippen molar-refractivity contribution in [1.29, 1.82) is 0 Å². The highest BCUT2D eigenvalue weighted by atomic mass is 35.5. The van der Waals surface area contributed by atoms with Crippen molar-refractivity contribution in [2.24, 2.45) is 0 Å². The van der Waals surface area contributed by atoms with Gasteiger partial charge in [0.05, 0.1) is 24.8 Å². The zero-order chi connectivity index (χ0) is 14.9. The summed E-state index contributed by atoms with van der Waals surface area (Å²) in [4.78, 5) is 14.7. The van der Waals surface area contributed by atoms with E-state index in [1.165, 1.54) is 0 Å². The molecule has 3 rings (SSSR count). The minimum Gasteiger partial charge on any atom is -0.379 e. The van der Waals surface area contributed by atoms with E-state index in [0.29, 0.717) is 18.2 Å². The second-order valence-electron chi connectivity index (χ2n) is 5.91. The molecule has 4 nitrogen and oxygen atoms in total. The third kappa shape index (κ3) is 3.23. The number of carbonyl (C=O) groups excluding carboxylic acids is 1. The number of amides is 1. The average molecular weight is 309 g/mol. The van der Waals surface area contributed by atoms with Crippen LogP contribution in [0.15, 0.2) is 24.3 Å². The maximum atomic E-state index is 12.5. The zero-order valence-corrected chi connectivity index (χ0v) is 13.0. The van der Waals surface area contributed by atoms with E-state index in [9.17, 15) is 4.79 Å². The second-order valence-corrected chi connectivity index (χ2v) is 6.34. The van der Waals surface area contributed by atoms with Gasteiger partial charge in [0, 0.05) is 18.1 Å². The van der Waals surface area contributed by atoms with E-state index in [4.69, 9.17) is 16.3 Å². The first-order chi connectivity index (χ1) is 10.1. The molecule has 2 aliphatic rings. The predicted octanol–water partition coefficient (Wildman–Crippen LogP) is 2.17. The Kier molecular flexibility index (Phi) is 4.20. The van der Waals surface area contributed by atoms with Crippen molar-refractivity contribution < 1.29 is 9.53 Å². The van der Waals surface area contributed by atoms with Crippen LogP contribution in [0.2, 0.25) is 5.02 Å². The summed E-state index contributed by atoms with van der Waals surface area (Å²) in [5.41, 5.74) is 0.903. The fourth-order valence-corrected chi connectivity index (χ4v) is 3.06. The lowest BCUT2D eigenvalue weighted by molar-refractivity contribution is -0.128. The molecule has 0 radical (unpaired) electrons. The predicted molar refractivity (Wildman–Crippen MR) is 82.4 cm³/mol. The molecule has 1 N–H and O–H groups in total. The molecule has 1 aromatic rings. The lowest BCUT2D eigenvalue weighted by Gasteiger charge is -2.32. The first-order valence-electron chi connectivity index (χ1n) is 7.51. The van der Waals surface area contributed by atoms with Gasteiger partial charge in [-0.1, -0.05) is 23.7 Å². The number of ether oxygens (including phenoxy) is 1. The molecule has 1 unspecified atom stereocenters. The highest BCUT2D eigenvalue weighted by Crippen LogP contribution is 2.46. The Morgan fingerprint density at radius 3 is 2.71 bits per heavy atom. The fraction of sp³-hybridized carbons (Fsp3) is 0.562. The van der Waals surface area contributed by atoms with Crippen LogP contribution in [-0.2, 0) is 15.1 Å². The van der Waals surface area contributed by atoms with Gasteiger partial charge in [0.25, 0.3) is 0 Å². The Bertz CT molecular complexity index is 525. The first kappa shape index (κ1) is 14.8. The van der Waals surface area contributed by atoms with Crippen molar-refractivity contribution in [3.05, 3.63) is 34.9 Å². The molecule has 114 valence electrons. The maximum Gasteiger partial charge on any atom is 0.237 e. The molecule has 1 atom stereocenters. The molecule has 1 aliphatic carbocycles. The van der Waals surface area contributed by atoms with Gasteiger partial charge in [-0.2, -0.15) is 0 Å². The summed E-state index contributed by atoms with van der Waals surface area (Å²) in [7, 11) is 0. The molecule has 0 spiro atoms. The van der Waals surface area contributed by atoms with Crippen LogP contribution in [0.4, 0.5) is 0 Å². The van der Waals surface area contributed by atoms with Crippen LogP contribution in [0.5, 0.6) is 0 Å². The molecule has 1 aliphatic heterocycles. The van der Waals surface area contributed by atoms with Crippen LogP contribution in [0.25, 0.3) is 0 Å². The number of hydrogen-bond donors (Lipinski definition) is 1. The molecule has 1 saturated heterocycles. The Balaban J connectivity index is 1.66. The lowest BCUT2D eigenvalue weighted by atomic mass is 10.0. The van der Waals surface area contributed by atoms with E-state index in [-0.39, 0.29) is 17.5 Å². The zero-order valence-electron chi connectivity index (χ0n) is 12.3. The summed E-state index contributed by atoms with van der Waals surface area (Å²) in [5.74, 6) is 0.0920. The Morgan fingerprint density at radius 1 is 1.38 bits per heavy atom. The van der Waals surface area contributed by atoms with Gasteiger partial charge in [-0.3, -0.25) is 9.69 Å². The Morgan fingerprint density at radius 2 is 2.10 bits per heavy atom.